The van der Waals surface area contributed by atoms with E-state index in [1.54, 1.807) is 23.5 Å². The van der Waals surface area contributed by atoms with Crippen LogP contribution in [0.3, 0.4) is 0 Å². The number of hydrogen-bond acceptors (Lipinski definition) is 5. The summed E-state index contributed by atoms with van der Waals surface area (Å²) in [6.45, 7) is 4.00. The van der Waals surface area contributed by atoms with E-state index in [9.17, 15) is 9.59 Å². The predicted octanol–water partition coefficient (Wildman–Crippen LogP) is 10.9. The van der Waals surface area contributed by atoms with Crippen LogP contribution in [0.25, 0.3) is 0 Å². The molecule has 2 N–H and O–H groups in total. The van der Waals surface area contributed by atoms with E-state index in [0.29, 0.717) is 11.1 Å². The third-order valence-corrected chi connectivity index (χ3v) is 9.24. The van der Waals surface area contributed by atoms with Crippen molar-refractivity contribution in [1.29, 1.82) is 0 Å². The molecule has 2 amide bonds. The van der Waals surface area contributed by atoms with Crippen molar-refractivity contribution in [2.45, 2.75) is 33.4 Å². The Morgan fingerprint density at radius 3 is 1.04 bits per heavy atom. The van der Waals surface area contributed by atoms with Gasteiger partial charge in [0.1, 0.15) is 11.5 Å². The van der Waals surface area contributed by atoms with Gasteiger partial charge in [-0.15, -0.1) is 0 Å². The van der Waals surface area contributed by atoms with Crippen LogP contribution in [-0.2, 0) is 0 Å². The number of anilines is 2. The van der Waals surface area contributed by atoms with Gasteiger partial charge in [-0.25, -0.2) is 0 Å². The Morgan fingerprint density at radius 1 is 0.426 bits per heavy atom. The lowest BCUT2D eigenvalue weighted by molar-refractivity contribution is 0.101. The van der Waals surface area contributed by atoms with Gasteiger partial charge in [-0.1, -0.05) is 58.9 Å². The number of hydrogen-bond donors (Lipinski definition) is 2. The zero-order chi connectivity index (χ0) is 32.6. The summed E-state index contributed by atoms with van der Waals surface area (Å²) in [5, 5.41) is 5.90. The highest BCUT2D eigenvalue weighted by Gasteiger charge is 2.08. The smallest absolute Gasteiger partial charge is 0.255 e. The van der Waals surface area contributed by atoms with Crippen molar-refractivity contribution >= 4 is 46.7 Å². The van der Waals surface area contributed by atoms with Crippen molar-refractivity contribution in [2.24, 2.45) is 0 Å². The zero-order valence-corrected chi connectivity index (χ0v) is 27.5. The van der Waals surface area contributed by atoms with Gasteiger partial charge in [0.05, 0.1) is 0 Å². The second kappa shape index (κ2) is 14.9. The molecule has 0 saturated carbocycles. The number of ether oxygens (including phenoxy) is 1. The first-order valence-electron chi connectivity index (χ1n) is 15.1. The summed E-state index contributed by atoms with van der Waals surface area (Å²) in [5.41, 5.74) is 5.02. The fourth-order valence-electron chi connectivity index (χ4n) is 4.59. The van der Waals surface area contributed by atoms with Gasteiger partial charge in [0.2, 0.25) is 0 Å². The van der Waals surface area contributed by atoms with Gasteiger partial charge < -0.3 is 15.4 Å². The fourth-order valence-corrected chi connectivity index (χ4v) is 6.22. The van der Waals surface area contributed by atoms with Crippen LogP contribution in [-0.4, -0.2) is 11.8 Å². The zero-order valence-electron chi connectivity index (χ0n) is 25.9. The molecule has 6 aromatic carbocycles. The molecule has 0 bridgehead atoms. The third-order valence-electron chi connectivity index (χ3n) is 7.21. The van der Waals surface area contributed by atoms with Crippen LogP contribution in [0.5, 0.6) is 11.5 Å². The van der Waals surface area contributed by atoms with Gasteiger partial charge in [0.15, 0.2) is 0 Å². The number of carbonyl (C=O) groups excluding carboxylic acids is 2. The van der Waals surface area contributed by atoms with E-state index in [-0.39, 0.29) is 11.8 Å². The average Bonchev–Trinajstić information content (AvgIpc) is 3.09. The molecule has 6 rings (SSSR count). The normalized spacial score (nSPS) is 10.7. The maximum Gasteiger partial charge on any atom is 0.255 e. The van der Waals surface area contributed by atoms with E-state index in [2.05, 4.69) is 10.6 Å². The Balaban J connectivity index is 0.972. The summed E-state index contributed by atoms with van der Waals surface area (Å²) >= 11 is 3.28. The van der Waals surface area contributed by atoms with Crippen molar-refractivity contribution in [3.05, 3.63) is 168 Å². The highest BCUT2D eigenvalue weighted by Crippen LogP contribution is 2.33. The molecule has 47 heavy (non-hydrogen) atoms. The summed E-state index contributed by atoms with van der Waals surface area (Å²) in [6.07, 6.45) is 0. The maximum atomic E-state index is 12.5. The van der Waals surface area contributed by atoms with E-state index in [4.69, 9.17) is 4.74 Å². The number of rotatable bonds is 10. The first-order chi connectivity index (χ1) is 22.9. The van der Waals surface area contributed by atoms with Crippen LogP contribution >= 0.6 is 23.5 Å². The standard InChI is InChI=1S/C40H32N2O3S2/c1-27-3-7-29(8-4-27)39(43)41-31-11-19-35(20-12-31)46-37-23-15-33(16-24-37)45-34-17-25-38(26-18-34)47-36-21-13-32(14-22-36)42-40(44)30-9-5-28(2)6-10-30/h3-26H,1-2H3,(H,41,43)(H,42,44). The molecule has 0 saturated heterocycles. The molecule has 5 nitrogen and oxygen atoms in total. The van der Waals surface area contributed by atoms with Crippen LogP contribution < -0.4 is 15.4 Å². The number of amides is 2. The van der Waals surface area contributed by atoms with Crippen LogP contribution in [0.1, 0.15) is 31.8 Å². The van der Waals surface area contributed by atoms with Crippen molar-refractivity contribution in [1.82, 2.24) is 0 Å². The number of carbonyl (C=O) groups is 2. The summed E-state index contributed by atoms with van der Waals surface area (Å²) in [5.74, 6) is 1.27. The van der Waals surface area contributed by atoms with E-state index in [1.165, 1.54) is 0 Å². The van der Waals surface area contributed by atoms with Gasteiger partial charge in [-0.2, -0.15) is 0 Å². The lowest BCUT2D eigenvalue weighted by atomic mass is 10.1. The Morgan fingerprint density at radius 2 is 0.723 bits per heavy atom. The van der Waals surface area contributed by atoms with Crippen molar-refractivity contribution in [3.8, 4) is 11.5 Å². The molecule has 0 radical (unpaired) electrons. The van der Waals surface area contributed by atoms with Crippen LogP contribution in [0.4, 0.5) is 11.4 Å². The molecule has 6 aromatic rings. The molecule has 0 aliphatic heterocycles. The molecule has 232 valence electrons. The minimum Gasteiger partial charge on any atom is -0.457 e. The molecule has 0 heterocycles. The highest BCUT2D eigenvalue weighted by molar-refractivity contribution is 7.99. The first-order valence-corrected chi connectivity index (χ1v) is 16.7. The largest absolute Gasteiger partial charge is 0.457 e. The summed E-state index contributed by atoms with van der Waals surface area (Å²) in [4.78, 5) is 29.3. The number of nitrogens with one attached hydrogen (secondary N) is 2. The van der Waals surface area contributed by atoms with E-state index in [1.807, 2.05) is 159 Å². The SMILES string of the molecule is Cc1ccc(C(=O)Nc2ccc(Sc3ccc(Oc4ccc(Sc5ccc(NC(=O)c6ccc(C)cc6)cc5)cc4)cc3)cc2)cc1. The maximum absolute atomic E-state index is 12.5. The van der Waals surface area contributed by atoms with Gasteiger partial charge in [0.25, 0.3) is 11.8 Å². The van der Waals surface area contributed by atoms with Crippen molar-refractivity contribution < 1.29 is 14.3 Å². The van der Waals surface area contributed by atoms with Gasteiger partial charge in [-0.3, -0.25) is 9.59 Å². The summed E-state index contributed by atoms with van der Waals surface area (Å²) in [6, 6.07) is 46.7. The minimum absolute atomic E-state index is 0.123. The summed E-state index contributed by atoms with van der Waals surface area (Å²) in [7, 11) is 0. The molecule has 0 atom stereocenters. The quantitative estimate of drug-likeness (QED) is 0.154. The monoisotopic (exact) mass is 652 g/mol. The topological polar surface area (TPSA) is 67.4 Å². The highest BCUT2D eigenvalue weighted by atomic mass is 32.2. The fraction of sp³-hybridized carbons (Fsp3) is 0.0500. The Kier molecular flexibility index (Phi) is 10.1. The van der Waals surface area contributed by atoms with Crippen molar-refractivity contribution in [3.63, 3.8) is 0 Å². The average molecular weight is 653 g/mol. The molecule has 0 unspecified atom stereocenters. The van der Waals surface area contributed by atoms with E-state index < -0.39 is 0 Å². The molecular formula is C40H32N2O3S2. The molecule has 0 spiro atoms. The Hall–Kier alpha value is -5.24. The minimum atomic E-state index is -0.123. The molecular weight excluding hydrogens is 621 g/mol. The lowest BCUT2D eigenvalue weighted by Gasteiger charge is -2.09. The number of aryl methyl sites for hydroxylation is 2. The van der Waals surface area contributed by atoms with Crippen LogP contribution in [0, 0.1) is 13.8 Å². The predicted molar refractivity (Wildman–Crippen MR) is 192 cm³/mol. The Labute approximate surface area is 283 Å². The molecule has 0 fully saturated rings. The molecule has 7 heteroatoms. The van der Waals surface area contributed by atoms with E-state index >= 15 is 0 Å². The second-order valence-electron chi connectivity index (χ2n) is 10.9. The Bertz CT molecular complexity index is 1810. The lowest BCUT2D eigenvalue weighted by Crippen LogP contribution is -2.11. The van der Waals surface area contributed by atoms with Gasteiger partial charge in [-0.05, 0) is 135 Å². The van der Waals surface area contributed by atoms with Crippen LogP contribution in [0.2, 0.25) is 0 Å². The molecule has 0 aromatic heterocycles. The van der Waals surface area contributed by atoms with E-state index in [0.717, 1.165) is 53.6 Å². The molecule has 0 aliphatic rings. The van der Waals surface area contributed by atoms with Crippen LogP contribution in [0.15, 0.2) is 165 Å². The summed E-state index contributed by atoms with van der Waals surface area (Å²) < 4.78 is 6.08. The van der Waals surface area contributed by atoms with Gasteiger partial charge >= 0.3 is 0 Å². The van der Waals surface area contributed by atoms with Crippen molar-refractivity contribution in [2.75, 3.05) is 10.6 Å². The van der Waals surface area contributed by atoms with Gasteiger partial charge in [0, 0.05) is 42.1 Å². The third kappa shape index (κ3) is 8.94. The number of benzene rings is 6. The second-order valence-corrected chi connectivity index (χ2v) is 13.2. The molecule has 0 aliphatic carbocycles. The first kappa shape index (κ1) is 31.7.